The van der Waals surface area contributed by atoms with E-state index in [2.05, 4.69) is 51.4 Å². The summed E-state index contributed by atoms with van der Waals surface area (Å²) in [5, 5.41) is 0. The van der Waals surface area contributed by atoms with Crippen LogP contribution in [0.5, 0.6) is 0 Å². The minimum Gasteiger partial charge on any atom is -0.342 e. The number of rotatable bonds is 6. The molecule has 1 amide bonds. The van der Waals surface area contributed by atoms with Gasteiger partial charge in [-0.15, -0.1) is 6.58 Å². The Morgan fingerprint density at radius 1 is 1.32 bits per heavy atom. The Morgan fingerprint density at radius 3 is 2.65 bits per heavy atom. The summed E-state index contributed by atoms with van der Waals surface area (Å²) >= 11 is 0. The van der Waals surface area contributed by atoms with Crippen molar-refractivity contribution in [1.82, 2.24) is 14.4 Å². The molecule has 2 aliphatic rings. The van der Waals surface area contributed by atoms with Crippen LogP contribution in [0.1, 0.15) is 62.2 Å². The van der Waals surface area contributed by atoms with E-state index in [0.717, 1.165) is 55.7 Å². The molecule has 0 saturated heterocycles. The maximum Gasteiger partial charge on any atom is 0.230 e. The topological polar surface area (TPSA) is 45.6 Å². The Kier molecular flexibility index (Phi) is 7.37. The number of carbonyl (C=O) groups is 2. The van der Waals surface area contributed by atoms with E-state index in [1.54, 1.807) is 11.5 Å². The lowest BCUT2D eigenvalue weighted by molar-refractivity contribution is -0.134. The lowest BCUT2D eigenvalue weighted by atomic mass is 9.85. The van der Waals surface area contributed by atoms with Crippen molar-refractivity contribution in [2.75, 3.05) is 26.7 Å². The third-order valence-electron chi connectivity index (χ3n) is 6.68. The minimum absolute atomic E-state index is 0.0258. The number of aryl methyl sites for hydroxylation is 1. The molecule has 1 aromatic heterocycles. The first-order valence-corrected chi connectivity index (χ1v) is 11.6. The first-order chi connectivity index (χ1) is 14.9. The van der Waals surface area contributed by atoms with Gasteiger partial charge in [0, 0.05) is 56.5 Å². The SMILES string of the molecule is C=CCc1c2c(cn1C(C)=O)CC[C@@H]1C(=CC(C(=O)N(CC)CCC)CN1C)/C2=C/C. The highest BCUT2D eigenvalue weighted by Gasteiger charge is 2.37. The second-order valence-corrected chi connectivity index (χ2v) is 8.70. The first kappa shape index (κ1) is 23.3. The highest BCUT2D eigenvalue weighted by molar-refractivity contribution is 5.89. The third-order valence-corrected chi connectivity index (χ3v) is 6.68. The zero-order valence-electron chi connectivity index (χ0n) is 19.8. The summed E-state index contributed by atoms with van der Waals surface area (Å²) < 4.78 is 1.78. The molecule has 1 aromatic rings. The molecule has 168 valence electrons. The van der Waals surface area contributed by atoms with Gasteiger partial charge in [0.1, 0.15) is 0 Å². The lowest BCUT2D eigenvalue weighted by Gasteiger charge is -2.38. The van der Waals surface area contributed by atoms with E-state index in [1.807, 2.05) is 17.2 Å². The summed E-state index contributed by atoms with van der Waals surface area (Å²) in [7, 11) is 2.14. The average molecular weight is 424 g/mol. The van der Waals surface area contributed by atoms with Crippen LogP contribution in [0.15, 0.2) is 36.6 Å². The van der Waals surface area contributed by atoms with Gasteiger partial charge < -0.3 is 4.90 Å². The second-order valence-electron chi connectivity index (χ2n) is 8.70. The van der Waals surface area contributed by atoms with Crippen molar-refractivity contribution in [2.45, 2.75) is 59.4 Å². The summed E-state index contributed by atoms with van der Waals surface area (Å²) in [6.07, 6.45) is 11.8. The molecule has 0 bridgehead atoms. The molecule has 0 aromatic carbocycles. The van der Waals surface area contributed by atoms with Crippen molar-refractivity contribution in [3.63, 3.8) is 0 Å². The standard InChI is InChI=1S/C26H37N3O2/c1-7-11-24-25-19(17-29(24)18(5)30)12-13-23-22(21(25)9-3)15-20(16-27(23)6)26(31)28(10-4)14-8-2/h7,9,15,17,20,23H,1,8,10-14,16H2,2-6H3/b21-9-/t20?,23-/m1/s1. The maximum atomic E-state index is 13.3. The van der Waals surface area contributed by atoms with Crippen LogP contribution in [0.25, 0.3) is 5.57 Å². The number of fused-ring (bicyclic) bond motifs is 2. The monoisotopic (exact) mass is 423 g/mol. The quantitative estimate of drug-likeness (QED) is 0.640. The predicted molar refractivity (Wildman–Crippen MR) is 127 cm³/mol. The van der Waals surface area contributed by atoms with Gasteiger partial charge in [-0.25, -0.2) is 0 Å². The zero-order valence-corrected chi connectivity index (χ0v) is 19.8. The zero-order chi connectivity index (χ0) is 22.7. The van der Waals surface area contributed by atoms with E-state index in [-0.39, 0.29) is 23.8 Å². The number of hydrogen-bond donors (Lipinski definition) is 0. The Bertz CT molecular complexity index is 921. The molecule has 2 atom stereocenters. The van der Waals surface area contributed by atoms with Gasteiger partial charge in [-0.3, -0.25) is 19.1 Å². The molecule has 5 heteroatoms. The van der Waals surface area contributed by atoms with Crippen LogP contribution in [0.3, 0.4) is 0 Å². The molecule has 0 saturated carbocycles. The van der Waals surface area contributed by atoms with Crippen LogP contribution in [-0.2, 0) is 17.6 Å². The number of amides is 1. The highest BCUT2D eigenvalue weighted by Crippen LogP contribution is 2.41. The molecule has 5 nitrogen and oxygen atoms in total. The van der Waals surface area contributed by atoms with Crippen molar-refractivity contribution in [3.05, 3.63) is 53.4 Å². The molecule has 0 radical (unpaired) electrons. The molecule has 0 spiro atoms. The molecule has 1 aliphatic heterocycles. The Balaban J connectivity index is 2.11. The molecule has 0 N–H and O–H groups in total. The first-order valence-electron chi connectivity index (χ1n) is 11.6. The second kappa shape index (κ2) is 9.82. The molecule has 2 heterocycles. The van der Waals surface area contributed by atoms with E-state index < -0.39 is 0 Å². The summed E-state index contributed by atoms with van der Waals surface area (Å²) in [4.78, 5) is 29.9. The van der Waals surface area contributed by atoms with E-state index in [1.165, 1.54) is 11.1 Å². The summed E-state index contributed by atoms with van der Waals surface area (Å²) in [6.45, 7) is 14.0. The molecular formula is C26H37N3O2. The minimum atomic E-state index is -0.142. The number of likely N-dealkylation sites (N-methyl/N-ethyl adjacent to an activating group) is 1. The number of aromatic nitrogens is 1. The van der Waals surface area contributed by atoms with Crippen LogP contribution in [-0.4, -0.2) is 58.9 Å². The van der Waals surface area contributed by atoms with Gasteiger partial charge in [0.15, 0.2) is 0 Å². The maximum absolute atomic E-state index is 13.3. The number of carbonyl (C=O) groups excluding carboxylic acids is 2. The van der Waals surface area contributed by atoms with Gasteiger partial charge in [0.2, 0.25) is 11.8 Å². The predicted octanol–water partition coefficient (Wildman–Crippen LogP) is 4.34. The van der Waals surface area contributed by atoms with Crippen molar-refractivity contribution >= 4 is 17.4 Å². The van der Waals surface area contributed by atoms with Crippen LogP contribution in [0, 0.1) is 5.92 Å². The lowest BCUT2D eigenvalue weighted by Crippen LogP contribution is -2.46. The summed E-state index contributed by atoms with van der Waals surface area (Å²) in [6, 6.07) is 0.284. The van der Waals surface area contributed by atoms with Gasteiger partial charge in [0.05, 0.1) is 5.92 Å². The van der Waals surface area contributed by atoms with E-state index in [0.29, 0.717) is 6.42 Å². The average Bonchev–Trinajstić information content (AvgIpc) is 3.01. The van der Waals surface area contributed by atoms with Crippen molar-refractivity contribution in [3.8, 4) is 0 Å². The van der Waals surface area contributed by atoms with Gasteiger partial charge in [-0.05, 0) is 56.9 Å². The smallest absolute Gasteiger partial charge is 0.230 e. The molecule has 0 fully saturated rings. The fourth-order valence-corrected chi connectivity index (χ4v) is 5.27. The van der Waals surface area contributed by atoms with E-state index in [4.69, 9.17) is 0 Å². The van der Waals surface area contributed by atoms with Crippen molar-refractivity contribution < 1.29 is 9.59 Å². The van der Waals surface area contributed by atoms with Crippen LogP contribution >= 0.6 is 0 Å². The molecule has 1 unspecified atom stereocenters. The Labute approximate surface area is 187 Å². The number of hydrogen-bond acceptors (Lipinski definition) is 3. The van der Waals surface area contributed by atoms with Gasteiger partial charge in [0.25, 0.3) is 0 Å². The fraction of sp³-hybridized carbons (Fsp3) is 0.538. The highest BCUT2D eigenvalue weighted by atomic mass is 16.2. The van der Waals surface area contributed by atoms with Crippen LogP contribution in [0.2, 0.25) is 0 Å². The van der Waals surface area contributed by atoms with E-state index in [9.17, 15) is 9.59 Å². The molecule has 1 aliphatic carbocycles. The number of nitrogens with zero attached hydrogens (tertiary/aromatic N) is 3. The fourth-order valence-electron chi connectivity index (χ4n) is 5.27. The largest absolute Gasteiger partial charge is 0.342 e. The van der Waals surface area contributed by atoms with Gasteiger partial charge >= 0.3 is 0 Å². The van der Waals surface area contributed by atoms with Crippen molar-refractivity contribution in [2.24, 2.45) is 5.92 Å². The molecule has 31 heavy (non-hydrogen) atoms. The Hall–Kier alpha value is -2.40. The molecule has 3 rings (SSSR count). The summed E-state index contributed by atoms with van der Waals surface area (Å²) in [5.74, 6) is 0.101. The Morgan fingerprint density at radius 2 is 2.06 bits per heavy atom. The van der Waals surface area contributed by atoms with Crippen LogP contribution in [0.4, 0.5) is 0 Å². The summed E-state index contributed by atoms with van der Waals surface area (Å²) in [5.41, 5.74) is 5.77. The molecular weight excluding hydrogens is 386 g/mol. The third kappa shape index (κ3) is 4.33. The van der Waals surface area contributed by atoms with Crippen molar-refractivity contribution in [1.29, 1.82) is 0 Å². The van der Waals surface area contributed by atoms with Gasteiger partial charge in [-0.1, -0.05) is 25.2 Å². The normalized spacial score (nSPS) is 22.4. The van der Waals surface area contributed by atoms with Crippen LogP contribution < -0.4 is 0 Å². The van der Waals surface area contributed by atoms with Gasteiger partial charge in [-0.2, -0.15) is 0 Å². The van der Waals surface area contributed by atoms with E-state index >= 15 is 0 Å². The number of allylic oxidation sites excluding steroid dienone is 2.